The van der Waals surface area contributed by atoms with Crippen molar-refractivity contribution in [3.8, 4) is 0 Å². The summed E-state index contributed by atoms with van der Waals surface area (Å²) in [6, 6.07) is 14.6. The van der Waals surface area contributed by atoms with Crippen molar-refractivity contribution in [2.75, 3.05) is 10.8 Å². The van der Waals surface area contributed by atoms with E-state index in [4.69, 9.17) is 5.11 Å². The van der Waals surface area contributed by atoms with Gasteiger partial charge in [0, 0.05) is 6.54 Å². The van der Waals surface area contributed by atoms with Crippen LogP contribution in [0.15, 0.2) is 71.6 Å². The number of hydrogen-bond acceptors (Lipinski definition) is 4. The molecule has 0 heterocycles. The van der Waals surface area contributed by atoms with E-state index in [0.717, 1.165) is 23.8 Å². The van der Waals surface area contributed by atoms with Gasteiger partial charge in [0.05, 0.1) is 16.1 Å². The number of amides is 1. The number of halogens is 2. The zero-order valence-corrected chi connectivity index (χ0v) is 18.3. The fourth-order valence-electron chi connectivity index (χ4n) is 3.02. The van der Waals surface area contributed by atoms with Gasteiger partial charge in [-0.05, 0) is 48.9 Å². The lowest BCUT2D eigenvalue weighted by Crippen LogP contribution is -2.41. The summed E-state index contributed by atoms with van der Waals surface area (Å²) in [7, 11) is -4.42. The van der Waals surface area contributed by atoms with E-state index in [1.807, 2.05) is 0 Å². The highest BCUT2D eigenvalue weighted by atomic mass is 32.2. The summed E-state index contributed by atoms with van der Waals surface area (Å²) >= 11 is 0. The smallest absolute Gasteiger partial charge is 0.335 e. The fraction of sp³-hybridized carbons (Fsp3) is 0.130. The molecule has 1 amide bonds. The normalized spacial score (nSPS) is 11.1. The molecule has 0 aliphatic carbocycles. The quantitative estimate of drug-likeness (QED) is 0.520. The number of nitrogens with one attached hydrogen (secondary N) is 1. The van der Waals surface area contributed by atoms with Crippen LogP contribution in [0.25, 0.3) is 0 Å². The van der Waals surface area contributed by atoms with Gasteiger partial charge in [-0.2, -0.15) is 0 Å². The van der Waals surface area contributed by atoms with Crippen LogP contribution in [0.5, 0.6) is 0 Å². The molecular weight excluding hydrogens is 454 g/mol. The average Bonchev–Trinajstić information content (AvgIpc) is 2.78. The maximum Gasteiger partial charge on any atom is 0.335 e. The SMILES string of the molecule is Cc1ccc(S(=O)(=O)N(CC(=O)NCc2cccc(C(=O)O)c2)c2cccc(F)c2F)cc1. The molecule has 3 aromatic rings. The lowest BCUT2D eigenvalue weighted by atomic mass is 10.1. The highest BCUT2D eigenvalue weighted by molar-refractivity contribution is 7.92. The van der Waals surface area contributed by atoms with Crippen molar-refractivity contribution in [3.63, 3.8) is 0 Å². The second kappa shape index (κ2) is 9.78. The first kappa shape index (κ1) is 23.9. The van der Waals surface area contributed by atoms with Crippen LogP contribution in [0.3, 0.4) is 0 Å². The van der Waals surface area contributed by atoms with Gasteiger partial charge >= 0.3 is 5.97 Å². The van der Waals surface area contributed by atoms with E-state index >= 15 is 0 Å². The van der Waals surface area contributed by atoms with Crippen LogP contribution in [0, 0.1) is 18.6 Å². The van der Waals surface area contributed by atoms with E-state index in [2.05, 4.69) is 5.32 Å². The average molecular weight is 474 g/mol. The van der Waals surface area contributed by atoms with Gasteiger partial charge in [-0.25, -0.2) is 22.0 Å². The molecule has 0 atom stereocenters. The summed E-state index contributed by atoms with van der Waals surface area (Å²) in [5.41, 5.74) is 0.664. The van der Waals surface area contributed by atoms with Gasteiger partial charge < -0.3 is 10.4 Å². The van der Waals surface area contributed by atoms with Crippen molar-refractivity contribution in [2.45, 2.75) is 18.4 Å². The van der Waals surface area contributed by atoms with Gasteiger partial charge in [0.2, 0.25) is 5.91 Å². The van der Waals surface area contributed by atoms with Gasteiger partial charge in [-0.1, -0.05) is 35.9 Å². The Kier molecular flexibility index (Phi) is 7.07. The number of carboxylic acids is 1. The van der Waals surface area contributed by atoms with Crippen LogP contribution < -0.4 is 9.62 Å². The lowest BCUT2D eigenvalue weighted by molar-refractivity contribution is -0.119. The third kappa shape index (κ3) is 5.53. The van der Waals surface area contributed by atoms with E-state index in [0.29, 0.717) is 9.87 Å². The predicted octanol–water partition coefficient (Wildman–Crippen LogP) is 3.48. The Hall–Kier alpha value is -3.79. The summed E-state index contributed by atoms with van der Waals surface area (Å²) in [5, 5.41) is 11.5. The number of carboxylic acid groups (broad SMARTS) is 1. The fourth-order valence-corrected chi connectivity index (χ4v) is 4.45. The number of hydrogen-bond donors (Lipinski definition) is 2. The van der Waals surface area contributed by atoms with Gasteiger partial charge in [0.1, 0.15) is 6.54 Å². The molecule has 0 fully saturated rings. The molecule has 7 nitrogen and oxygen atoms in total. The van der Waals surface area contributed by atoms with Crippen molar-refractivity contribution >= 4 is 27.6 Å². The molecule has 10 heteroatoms. The molecule has 172 valence electrons. The van der Waals surface area contributed by atoms with Crippen LogP contribution in [-0.4, -0.2) is 31.9 Å². The summed E-state index contributed by atoms with van der Waals surface area (Å²) in [6.45, 7) is 0.840. The Morgan fingerprint density at radius 1 is 1.00 bits per heavy atom. The molecule has 2 N–H and O–H groups in total. The molecule has 0 spiro atoms. The Labute approximate surface area is 189 Å². The van der Waals surface area contributed by atoms with E-state index in [1.165, 1.54) is 30.3 Å². The lowest BCUT2D eigenvalue weighted by Gasteiger charge is -2.24. The molecule has 0 aliphatic heterocycles. The first-order valence-electron chi connectivity index (χ1n) is 9.72. The molecular formula is C23H20F2N2O5S. The largest absolute Gasteiger partial charge is 0.478 e. The molecule has 3 aromatic carbocycles. The molecule has 0 bridgehead atoms. The summed E-state index contributed by atoms with van der Waals surface area (Å²) in [4.78, 5) is 23.5. The third-order valence-electron chi connectivity index (χ3n) is 4.76. The first-order chi connectivity index (χ1) is 15.6. The first-order valence-corrected chi connectivity index (χ1v) is 11.2. The van der Waals surface area contributed by atoms with Crippen molar-refractivity contribution in [1.82, 2.24) is 5.32 Å². The number of anilines is 1. The van der Waals surface area contributed by atoms with Crippen LogP contribution in [0.1, 0.15) is 21.5 Å². The second-order valence-corrected chi connectivity index (χ2v) is 9.04. The number of nitrogens with zero attached hydrogens (tertiary/aromatic N) is 1. The minimum atomic E-state index is -4.42. The minimum absolute atomic E-state index is 0.0205. The zero-order valence-electron chi connectivity index (χ0n) is 17.5. The van der Waals surface area contributed by atoms with Gasteiger partial charge in [0.25, 0.3) is 10.0 Å². The highest BCUT2D eigenvalue weighted by Gasteiger charge is 2.30. The van der Waals surface area contributed by atoms with E-state index in [-0.39, 0.29) is 17.0 Å². The molecule has 0 radical (unpaired) electrons. The second-order valence-electron chi connectivity index (χ2n) is 7.18. The zero-order chi connectivity index (χ0) is 24.2. The molecule has 0 aliphatic rings. The maximum absolute atomic E-state index is 14.5. The highest BCUT2D eigenvalue weighted by Crippen LogP contribution is 2.27. The monoisotopic (exact) mass is 474 g/mol. The summed E-state index contributed by atoms with van der Waals surface area (Å²) in [6.07, 6.45) is 0. The summed E-state index contributed by atoms with van der Waals surface area (Å²) in [5.74, 6) is -4.60. The standard InChI is InChI=1S/C23H20F2N2O5S/c1-15-8-10-18(11-9-15)33(31,32)27(20-7-3-6-19(24)22(20)25)14-21(28)26-13-16-4-2-5-17(12-16)23(29)30/h2-12H,13-14H2,1H3,(H,26,28)(H,29,30). The molecule has 0 aromatic heterocycles. The van der Waals surface area contributed by atoms with Crippen LogP contribution in [-0.2, 0) is 21.4 Å². The van der Waals surface area contributed by atoms with Crippen LogP contribution >= 0.6 is 0 Å². The number of aryl methyl sites for hydroxylation is 1. The topological polar surface area (TPSA) is 104 Å². The Morgan fingerprint density at radius 2 is 1.67 bits per heavy atom. The molecule has 0 saturated carbocycles. The number of aromatic carboxylic acids is 1. The van der Waals surface area contributed by atoms with E-state index < -0.39 is 45.8 Å². The predicted molar refractivity (Wildman–Crippen MR) is 117 cm³/mol. The molecule has 0 saturated heterocycles. The maximum atomic E-state index is 14.5. The van der Waals surface area contributed by atoms with Crippen molar-refractivity contribution in [2.24, 2.45) is 0 Å². The van der Waals surface area contributed by atoms with E-state index in [9.17, 15) is 26.8 Å². The van der Waals surface area contributed by atoms with Gasteiger partial charge in [-0.3, -0.25) is 9.10 Å². The van der Waals surface area contributed by atoms with Gasteiger partial charge in [-0.15, -0.1) is 0 Å². The van der Waals surface area contributed by atoms with E-state index in [1.54, 1.807) is 25.1 Å². The third-order valence-corrected chi connectivity index (χ3v) is 6.53. The Balaban J connectivity index is 1.89. The van der Waals surface area contributed by atoms with Crippen molar-refractivity contribution in [3.05, 3.63) is 95.1 Å². The number of sulfonamides is 1. The summed E-state index contributed by atoms with van der Waals surface area (Å²) < 4.78 is 55.3. The number of rotatable bonds is 8. The van der Waals surface area contributed by atoms with Crippen molar-refractivity contribution < 1.29 is 31.9 Å². The number of carbonyl (C=O) groups excluding carboxylic acids is 1. The Morgan fingerprint density at radius 3 is 2.33 bits per heavy atom. The molecule has 3 rings (SSSR count). The number of benzene rings is 3. The Bertz CT molecular complexity index is 1290. The van der Waals surface area contributed by atoms with Crippen molar-refractivity contribution in [1.29, 1.82) is 0 Å². The molecule has 33 heavy (non-hydrogen) atoms. The van der Waals surface area contributed by atoms with Crippen LogP contribution in [0.4, 0.5) is 14.5 Å². The molecule has 0 unspecified atom stereocenters. The van der Waals surface area contributed by atoms with Gasteiger partial charge in [0.15, 0.2) is 11.6 Å². The minimum Gasteiger partial charge on any atom is -0.478 e. The number of carbonyl (C=O) groups is 2. The van der Waals surface area contributed by atoms with Crippen LogP contribution in [0.2, 0.25) is 0 Å².